The predicted molar refractivity (Wildman–Crippen MR) is 153 cm³/mol. The van der Waals surface area contributed by atoms with Crippen molar-refractivity contribution in [1.82, 2.24) is 4.90 Å². The number of amides is 1. The molecule has 0 aromatic heterocycles. The Balaban J connectivity index is 2.56. The molecule has 5 nitrogen and oxygen atoms in total. The number of piperidine rings is 1. The fourth-order valence-electron chi connectivity index (χ4n) is 5.39. The number of carbonyl (C=O) groups is 1. The summed E-state index contributed by atoms with van der Waals surface area (Å²) in [4.78, 5) is 13.8. The number of hydrogen-bond acceptors (Lipinski definition) is 4. The Kier molecular flexibility index (Phi) is 15.1. The Labute approximate surface area is 219 Å². The minimum absolute atomic E-state index is 0.271. The lowest BCUT2D eigenvalue weighted by Gasteiger charge is -2.44. The largest absolute Gasteiger partial charge is 0.443 e. The second kappa shape index (κ2) is 16.3. The van der Waals surface area contributed by atoms with Gasteiger partial charge < -0.3 is 19.8 Å². The van der Waals surface area contributed by atoms with E-state index in [1.165, 1.54) is 77.0 Å². The molecular formula is C29H60N2O3Si. The van der Waals surface area contributed by atoms with Crippen molar-refractivity contribution in [3.8, 4) is 0 Å². The van der Waals surface area contributed by atoms with Gasteiger partial charge in [-0.25, -0.2) is 4.79 Å². The standard InChI is InChI=1S/C29H60N2O3Si/c1-8-10-11-12-13-14-15-16-17-18-19-26(34-35(6,7)28(3,4)20-9-2)25-31-23-21-29(5,22-24-31)33-27(30)32/h26H,8-25H2,1-7H3,(H2,30,32). The third-order valence-corrected chi connectivity index (χ3v) is 13.0. The van der Waals surface area contributed by atoms with Crippen LogP contribution >= 0.6 is 0 Å². The normalized spacial score (nSPS) is 17.9. The monoisotopic (exact) mass is 512 g/mol. The van der Waals surface area contributed by atoms with Crippen LogP contribution in [0.1, 0.15) is 131 Å². The highest BCUT2D eigenvalue weighted by Crippen LogP contribution is 2.43. The summed E-state index contributed by atoms with van der Waals surface area (Å²) >= 11 is 0. The van der Waals surface area contributed by atoms with Gasteiger partial charge in [0.25, 0.3) is 0 Å². The van der Waals surface area contributed by atoms with Crippen molar-refractivity contribution in [3.63, 3.8) is 0 Å². The topological polar surface area (TPSA) is 64.8 Å². The van der Waals surface area contributed by atoms with Gasteiger partial charge in [0.1, 0.15) is 5.60 Å². The van der Waals surface area contributed by atoms with Crippen LogP contribution in [0.3, 0.4) is 0 Å². The summed E-state index contributed by atoms with van der Waals surface area (Å²) < 4.78 is 12.5. The van der Waals surface area contributed by atoms with Crippen LogP contribution in [0, 0.1) is 0 Å². The summed E-state index contributed by atoms with van der Waals surface area (Å²) in [6.07, 6.45) is 18.6. The molecule has 0 aromatic carbocycles. The first-order valence-corrected chi connectivity index (χ1v) is 17.7. The lowest BCUT2D eigenvalue weighted by atomic mass is 9.93. The Hall–Kier alpha value is -0.593. The molecule has 0 radical (unpaired) electrons. The van der Waals surface area contributed by atoms with E-state index in [-0.39, 0.29) is 5.04 Å². The fourth-order valence-corrected chi connectivity index (χ4v) is 7.59. The van der Waals surface area contributed by atoms with Crippen molar-refractivity contribution in [2.24, 2.45) is 5.73 Å². The number of hydrogen-bond donors (Lipinski definition) is 1. The van der Waals surface area contributed by atoms with Crippen molar-refractivity contribution in [3.05, 3.63) is 0 Å². The first-order valence-electron chi connectivity index (χ1n) is 14.8. The molecule has 0 spiro atoms. The van der Waals surface area contributed by atoms with Crippen LogP contribution in [0.2, 0.25) is 18.1 Å². The summed E-state index contributed by atoms with van der Waals surface area (Å²) in [7, 11) is -1.86. The molecule has 208 valence electrons. The summed E-state index contributed by atoms with van der Waals surface area (Å²) in [5.41, 5.74) is 4.87. The average molecular weight is 513 g/mol. The van der Waals surface area contributed by atoms with Gasteiger partial charge in [0.15, 0.2) is 8.32 Å². The second-order valence-electron chi connectivity index (χ2n) is 12.5. The molecule has 1 heterocycles. The maximum absolute atomic E-state index is 11.3. The fraction of sp³-hybridized carbons (Fsp3) is 0.966. The predicted octanol–water partition coefficient (Wildman–Crippen LogP) is 8.42. The zero-order chi connectivity index (χ0) is 26.4. The number of ether oxygens (including phenoxy) is 1. The average Bonchev–Trinajstić information content (AvgIpc) is 2.75. The quantitative estimate of drug-likeness (QED) is 0.139. The lowest BCUT2D eigenvalue weighted by Crippen LogP contribution is -2.51. The van der Waals surface area contributed by atoms with Crippen molar-refractivity contribution in [2.75, 3.05) is 19.6 Å². The van der Waals surface area contributed by atoms with E-state index in [1.54, 1.807) is 0 Å². The molecule has 1 atom stereocenters. The Morgan fingerprint density at radius 1 is 0.943 bits per heavy atom. The SMILES string of the molecule is CCCCCCCCCCCCC(CN1CCC(C)(OC(N)=O)CC1)O[Si](C)(C)C(C)(C)CCC. The van der Waals surface area contributed by atoms with Crippen LogP contribution in [0.4, 0.5) is 4.79 Å². The van der Waals surface area contributed by atoms with Gasteiger partial charge in [0, 0.05) is 19.6 Å². The number of nitrogens with two attached hydrogens (primary N) is 1. The molecule has 2 N–H and O–H groups in total. The number of likely N-dealkylation sites (tertiary alicyclic amines) is 1. The van der Waals surface area contributed by atoms with Crippen LogP contribution in [-0.2, 0) is 9.16 Å². The molecule has 1 aliphatic heterocycles. The molecule has 0 bridgehead atoms. The molecular weight excluding hydrogens is 452 g/mol. The van der Waals surface area contributed by atoms with E-state index in [0.717, 1.165) is 38.9 Å². The zero-order valence-electron chi connectivity index (χ0n) is 24.6. The number of primary amides is 1. The van der Waals surface area contributed by atoms with E-state index in [9.17, 15) is 4.79 Å². The van der Waals surface area contributed by atoms with Gasteiger partial charge >= 0.3 is 6.09 Å². The van der Waals surface area contributed by atoms with Crippen molar-refractivity contribution in [1.29, 1.82) is 0 Å². The Morgan fingerprint density at radius 3 is 1.94 bits per heavy atom. The third kappa shape index (κ3) is 13.0. The summed E-state index contributed by atoms with van der Waals surface area (Å²) in [5.74, 6) is 0. The number of carbonyl (C=O) groups excluding carboxylic acids is 1. The smallest absolute Gasteiger partial charge is 0.405 e. The van der Waals surface area contributed by atoms with E-state index >= 15 is 0 Å². The van der Waals surface area contributed by atoms with Crippen molar-refractivity contribution < 1.29 is 14.0 Å². The molecule has 1 saturated heterocycles. The van der Waals surface area contributed by atoms with E-state index in [2.05, 4.69) is 45.7 Å². The highest BCUT2D eigenvalue weighted by Gasteiger charge is 2.42. The van der Waals surface area contributed by atoms with Crippen LogP contribution in [0.25, 0.3) is 0 Å². The van der Waals surface area contributed by atoms with Crippen molar-refractivity contribution in [2.45, 2.75) is 161 Å². The summed E-state index contributed by atoms with van der Waals surface area (Å²) in [5, 5.41) is 0.271. The van der Waals surface area contributed by atoms with Crippen molar-refractivity contribution >= 4 is 14.4 Å². The highest BCUT2D eigenvalue weighted by molar-refractivity contribution is 6.74. The molecule has 0 saturated carbocycles. The summed E-state index contributed by atoms with van der Waals surface area (Å²) in [6.45, 7) is 19.1. The lowest BCUT2D eigenvalue weighted by molar-refractivity contribution is -0.0259. The highest BCUT2D eigenvalue weighted by atomic mass is 28.4. The minimum Gasteiger partial charge on any atom is -0.443 e. The van der Waals surface area contributed by atoms with E-state index < -0.39 is 20.0 Å². The van der Waals surface area contributed by atoms with Gasteiger partial charge in [-0.05, 0) is 50.7 Å². The van der Waals surface area contributed by atoms with Gasteiger partial charge in [0.2, 0.25) is 0 Å². The van der Waals surface area contributed by atoms with Crippen LogP contribution in [0.15, 0.2) is 0 Å². The van der Waals surface area contributed by atoms with Gasteiger partial charge in [-0.15, -0.1) is 0 Å². The van der Waals surface area contributed by atoms with E-state index in [1.807, 2.05) is 6.92 Å². The number of nitrogens with zero attached hydrogens (tertiary/aromatic N) is 1. The van der Waals surface area contributed by atoms with Gasteiger partial charge in [-0.1, -0.05) is 98.3 Å². The van der Waals surface area contributed by atoms with E-state index in [4.69, 9.17) is 14.9 Å². The molecule has 1 amide bonds. The van der Waals surface area contributed by atoms with Gasteiger partial charge in [-0.2, -0.15) is 0 Å². The number of unbranched alkanes of at least 4 members (excludes halogenated alkanes) is 9. The molecule has 1 aliphatic rings. The first kappa shape index (κ1) is 32.4. The van der Waals surface area contributed by atoms with Crippen LogP contribution < -0.4 is 5.73 Å². The maximum atomic E-state index is 11.3. The third-order valence-electron chi connectivity index (χ3n) is 8.57. The second-order valence-corrected chi connectivity index (χ2v) is 17.1. The molecule has 0 aromatic rings. The zero-order valence-corrected chi connectivity index (χ0v) is 25.6. The van der Waals surface area contributed by atoms with Gasteiger partial charge in [-0.3, -0.25) is 0 Å². The van der Waals surface area contributed by atoms with Gasteiger partial charge in [0.05, 0.1) is 6.10 Å². The minimum atomic E-state index is -1.86. The van der Waals surface area contributed by atoms with E-state index in [0.29, 0.717) is 6.10 Å². The number of rotatable bonds is 19. The van der Waals surface area contributed by atoms with Crippen LogP contribution in [0.5, 0.6) is 0 Å². The molecule has 35 heavy (non-hydrogen) atoms. The van der Waals surface area contributed by atoms with Crippen LogP contribution in [-0.4, -0.2) is 50.6 Å². The molecule has 6 heteroatoms. The molecule has 1 fully saturated rings. The molecule has 1 unspecified atom stereocenters. The maximum Gasteiger partial charge on any atom is 0.405 e. The first-order chi connectivity index (χ1) is 16.4. The summed E-state index contributed by atoms with van der Waals surface area (Å²) in [6, 6.07) is 0. The Morgan fingerprint density at radius 2 is 1.46 bits per heavy atom. The molecule has 0 aliphatic carbocycles. The molecule has 1 rings (SSSR count). The Bertz CT molecular complexity index is 574.